The van der Waals surface area contributed by atoms with E-state index in [0.717, 1.165) is 15.6 Å². The van der Waals surface area contributed by atoms with Gasteiger partial charge < -0.3 is 19.3 Å². The van der Waals surface area contributed by atoms with Gasteiger partial charge in [-0.3, -0.25) is 19.3 Å². The minimum atomic E-state index is -1.65. The van der Waals surface area contributed by atoms with Crippen LogP contribution in [0.3, 0.4) is 0 Å². The fourth-order valence-electron chi connectivity index (χ4n) is 5.18. The number of nitrogens with zero attached hydrogens (tertiary/aromatic N) is 2. The van der Waals surface area contributed by atoms with E-state index in [4.69, 9.17) is 14.2 Å². The number of thioether (sulfide) groups is 1. The number of methoxy groups -OCH3 is 1. The number of ketones is 1. The van der Waals surface area contributed by atoms with Gasteiger partial charge >= 0.3 is 11.9 Å². The lowest BCUT2D eigenvalue weighted by Crippen LogP contribution is -2.73. The second kappa shape index (κ2) is 13.3. The number of carbonyl (C=O) groups is 4. The molecule has 2 aliphatic heterocycles. The number of carbonyl (C=O) groups excluding carboxylic acids is 4. The summed E-state index contributed by atoms with van der Waals surface area (Å²) in [4.78, 5) is 57.5. The van der Waals surface area contributed by atoms with Crippen LogP contribution in [-0.2, 0) is 39.4 Å². The first kappa shape index (κ1) is 35.4. The number of phenolic OH excluding ortho intramolecular Hbond substituents is 1. The van der Waals surface area contributed by atoms with E-state index in [-0.39, 0.29) is 34.6 Å². The van der Waals surface area contributed by atoms with E-state index in [1.54, 1.807) is 30.5 Å². The molecule has 46 heavy (non-hydrogen) atoms. The summed E-state index contributed by atoms with van der Waals surface area (Å²) in [5.74, 6) is -2.05. The summed E-state index contributed by atoms with van der Waals surface area (Å²) in [6, 6.07) is 10.3. The first-order chi connectivity index (χ1) is 21.4. The van der Waals surface area contributed by atoms with Crippen molar-refractivity contribution in [3.05, 3.63) is 74.4 Å². The maximum atomic E-state index is 13.9. The maximum Gasteiger partial charge on any atom is 0.355 e. The molecule has 0 aromatic heterocycles. The van der Waals surface area contributed by atoms with E-state index in [2.05, 4.69) is 20.9 Å². The van der Waals surface area contributed by atoms with Crippen molar-refractivity contribution >= 4 is 57.5 Å². The molecular formula is C34H39BrN2O8S. The molecule has 10 nitrogen and oxygen atoms in total. The van der Waals surface area contributed by atoms with Gasteiger partial charge in [0, 0.05) is 52.7 Å². The van der Waals surface area contributed by atoms with Crippen LogP contribution in [0.1, 0.15) is 75.5 Å². The van der Waals surface area contributed by atoms with Gasteiger partial charge in [-0.05, 0) is 40.7 Å². The van der Waals surface area contributed by atoms with E-state index in [0.29, 0.717) is 16.7 Å². The minimum absolute atomic E-state index is 0.101. The van der Waals surface area contributed by atoms with Gasteiger partial charge in [0.25, 0.3) is 11.6 Å². The van der Waals surface area contributed by atoms with Crippen LogP contribution >= 0.6 is 27.7 Å². The zero-order valence-electron chi connectivity index (χ0n) is 27.2. The van der Waals surface area contributed by atoms with Gasteiger partial charge in [0.1, 0.15) is 23.4 Å². The Hall–Kier alpha value is -3.48. The molecule has 2 atom stereocenters. The third kappa shape index (κ3) is 7.08. The average molecular weight is 716 g/mol. The van der Waals surface area contributed by atoms with Crippen LogP contribution in [0, 0.1) is 0 Å². The minimum Gasteiger partial charge on any atom is -0.507 e. The Kier molecular flexibility index (Phi) is 10.2. The number of Topliss-reactive ketones (excluding diaryl/α,β-unsaturated/α-hetero) is 1. The molecule has 1 saturated heterocycles. The molecule has 0 radical (unpaired) electrons. The molecule has 2 aromatic carbocycles. The van der Waals surface area contributed by atoms with E-state index >= 15 is 0 Å². The topological polar surface area (TPSA) is 132 Å². The summed E-state index contributed by atoms with van der Waals surface area (Å²) in [7, 11) is 1.37. The van der Waals surface area contributed by atoms with Crippen LogP contribution in [0.2, 0.25) is 0 Å². The number of benzene rings is 2. The number of phenols is 1. The molecule has 0 spiro atoms. The van der Waals surface area contributed by atoms with E-state index in [9.17, 15) is 24.3 Å². The average Bonchev–Trinajstić information content (AvgIpc) is 2.98. The molecule has 1 N–H and O–H groups in total. The van der Waals surface area contributed by atoms with Gasteiger partial charge in [-0.15, -0.1) is 11.8 Å². The Balaban J connectivity index is 1.66. The molecule has 2 aromatic rings. The Morgan fingerprint density at radius 3 is 2.17 bits per heavy atom. The number of esters is 2. The smallest absolute Gasteiger partial charge is 0.355 e. The Morgan fingerprint density at radius 2 is 1.65 bits per heavy atom. The molecule has 2 heterocycles. The highest BCUT2D eigenvalue weighted by atomic mass is 79.9. The SMILES string of the molecule is CO[C@@]1(N=Cc2cc(C(C)(C)C)c(O)c(C(C)(C)C)c2)C(=O)N2C(C(=O)OCC(=O)c3ccc(Br)cc3)=C(COC(C)=O)CS[C@H]21. The number of amides is 1. The molecule has 0 bridgehead atoms. The normalized spacial score (nSPS) is 20.0. The van der Waals surface area contributed by atoms with E-state index in [1.165, 1.54) is 30.7 Å². The molecule has 4 rings (SSSR count). The van der Waals surface area contributed by atoms with Gasteiger partial charge in [-0.1, -0.05) is 69.6 Å². The molecule has 2 aliphatic rings. The van der Waals surface area contributed by atoms with Crippen molar-refractivity contribution in [2.75, 3.05) is 26.1 Å². The third-order valence-corrected chi connectivity index (χ3v) is 9.58. The predicted octanol–water partition coefficient (Wildman–Crippen LogP) is 5.67. The van der Waals surface area contributed by atoms with Crippen molar-refractivity contribution in [3.8, 4) is 5.75 Å². The predicted molar refractivity (Wildman–Crippen MR) is 179 cm³/mol. The van der Waals surface area contributed by atoms with Crippen molar-refractivity contribution in [2.45, 2.75) is 70.4 Å². The highest BCUT2D eigenvalue weighted by Crippen LogP contribution is 2.49. The monoisotopic (exact) mass is 714 g/mol. The highest BCUT2D eigenvalue weighted by Gasteiger charge is 2.66. The summed E-state index contributed by atoms with van der Waals surface area (Å²) >= 11 is 4.62. The number of hydrogen-bond donors (Lipinski definition) is 1. The van der Waals surface area contributed by atoms with Crippen molar-refractivity contribution < 1.29 is 38.5 Å². The zero-order chi connectivity index (χ0) is 34.2. The van der Waals surface area contributed by atoms with Gasteiger partial charge in [-0.25, -0.2) is 9.79 Å². The lowest BCUT2D eigenvalue weighted by molar-refractivity contribution is -0.182. The first-order valence-corrected chi connectivity index (χ1v) is 16.5. The molecule has 1 fully saturated rings. The van der Waals surface area contributed by atoms with Crippen molar-refractivity contribution in [2.24, 2.45) is 4.99 Å². The fraction of sp³-hybridized carbons (Fsp3) is 0.441. The number of halogens is 1. The molecule has 0 aliphatic carbocycles. The van der Waals surface area contributed by atoms with E-state index < -0.39 is 41.3 Å². The van der Waals surface area contributed by atoms with Gasteiger partial charge in [0.15, 0.2) is 12.4 Å². The Morgan fingerprint density at radius 1 is 1.07 bits per heavy atom. The van der Waals surface area contributed by atoms with Crippen LogP contribution < -0.4 is 0 Å². The van der Waals surface area contributed by atoms with Crippen molar-refractivity contribution in [3.63, 3.8) is 0 Å². The van der Waals surface area contributed by atoms with Gasteiger partial charge in [0.05, 0.1) is 0 Å². The number of ether oxygens (including phenoxy) is 3. The van der Waals surface area contributed by atoms with Crippen LogP contribution in [0.4, 0.5) is 0 Å². The second-order valence-corrected chi connectivity index (χ2v) is 15.2. The van der Waals surface area contributed by atoms with Crippen molar-refractivity contribution in [1.82, 2.24) is 4.90 Å². The summed E-state index contributed by atoms with van der Waals surface area (Å²) in [5, 5.41) is 10.4. The van der Waals surface area contributed by atoms with Crippen LogP contribution in [0.5, 0.6) is 5.75 Å². The zero-order valence-corrected chi connectivity index (χ0v) is 29.6. The first-order valence-electron chi connectivity index (χ1n) is 14.7. The van der Waals surface area contributed by atoms with Gasteiger partial charge in [0.2, 0.25) is 0 Å². The standard InChI is InChI=1S/C34H39BrN2O8S/c1-19(38)44-16-22-18-46-31-34(43-8,36-15-20-13-24(32(2,3)4)28(40)25(14-20)33(5,6)7)30(42)37(31)27(22)29(41)45-17-26(39)21-9-11-23(35)12-10-21/h9-15,31,40H,16-18H2,1-8H3/t31-,34-/m0/s1. The van der Waals surface area contributed by atoms with Gasteiger partial charge in [-0.2, -0.15) is 0 Å². The molecule has 0 saturated carbocycles. The lowest BCUT2D eigenvalue weighted by atomic mass is 9.78. The Bertz CT molecular complexity index is 1590. The van der Waals surface area contributed by atoms with E-state index in [1.807, 2.05) is 53.7 Å². The number of aromatic hydroxyl groups is 1. The summed E-state index contributed by atoms with van der Waals surface area (Å²) in [5.41, 5.74) is 0.376. The number of hydrogen-bond acceptors (Lipinski definition) is 10. The molecule has 12 heteroatoms. The lowest BCUT2D eigenvalue weighted by Gasteiger charge is -2.53. The number of β-lactam (4-membered cyclic amide) rings is 1. The quantitative estimate of drug-likeness (QED) is 0.151. The second-order valence-electron chi connectivity index (χ2n) is 13.2. The number of fused-ring (bicyclic) bond motifs is 1. The largest absolute Gasteiger partial charge is 0.507 e. The third-order valence-electron chi connectivity index (χ3n) is 7.69. The molecule has 0 unspecified atom stereocenters. The maximum absolute atomic E-state index is 13.9. The van der Waals surface area contributed by atoms with Crippen LogP contribution in [0.25, 0.3) is 0 Å². The summed E-state index contributed by atoms with van der Waals surface area (Å²) < 4.78 is 17.1. The summed E-state index contributed by atoms with van der Waals surface area (Å²) in [6.07, 6.45) is 1.55. The highest BCUT2D eigenvalue weighted by molar-refractivity contribution is 9.10. The number of rotatable bonds is 9. The summed E-state index contributed by atoms with van der Waals surface area (Å²) in [6.45, 7) is 12.5. The number of aliphatic imine (C=N–C) groups is 1. The molecule has 246 valence electrons. The fourth-order valence-corrected chi connectivity index (χ4v) is 6.86. The van der Waals surface area contributed by atoms with Crippen molar-refractivity contribution in [1.29, 1.82) is 0 Å². The molecular weight excluding hydrogens is 676 g/mol. The molecule has 1 amide bonds. The van der Waals surface area contributed by atoms with Crippen LogP contribution in [0.15, 0.2) is 57.1 Å². The Labute approximate surface area is 281 Å². The van der Waals surface area contributed by atoms with Crippen LogP contribution in [-0.4, -0.2) is 77.0 Å².